The van der Waals surface area contributed by atoms with Crippen LogP contribution in [0.5, 0.6) is 0 Å². The topological polar surface area (TPSA) is 79.9 Å². The third-order valence-corrected chi connectivity index (χ3v) is 2.17. The number of aromatic nitrogens is 4. The summed E-state index contributed by atoms with van der Waals surface area (Å²) in [5.41, 5.74) is 1.59. The van der Waals surface area contributed by atoms with Crippen LogP contribution >= 0.6 is 17.0 Å². The van der Waals surface area contributed by atoms with Crippen molar-refractivity contribution in [3.63, 3.8) is 0 Å². The van der Waals surface area contributed by atoms with Crippen LogP contribution in [-0.2, 0) is 11.3 Å². The molecule has 7 heteroatoms. The van der Waals surface area contributed by atoms with Gasteiger partial charge in [-0.25, -0.2) is 0 Å². The molecule has 0 aromatic carbocycles. The molecule has 0 spiro atoms. The highest BCUT2D eigenvalue weighted by molar-refractivity contribution is 8.93. The molecule has 0 aliphatic heterocycles. The fourth-order valence-electron chi connectivity index (χ4n) is 1.37. The molecule has 0 saturated carbocycles. The molecular formula is C11H12BrN4O2+. The first-order chi connectivity index (χ1) is 8.25. The number of rotatable bonds is 4. The van der Waals surface area contributed by atoms with E-state index >= 15 is 0 Å². The van der Waals surface area contributed by atoms with Gasteiger partial charge in [0.2, 0.25) is 6.20 Å². The summed E-state index contributed by atoms with van der Waals surface area (Å²) in [6.07, 6.45) is 8.28. The Morgan fingerprint density at radius 1 is 1.33 bits per heavy atom. The second-order valence-electron chi connectivity index (χ2n) is 3.41. The van der Waals surface area contributed by atoms with Crippen LogP contribution < -0.4 is 4.68 Å². The molecule has 2 aromatic heterocycles. The SMILES string of the molecule is Br.O=C(O)CC[n+]1cc(-c2cnccn2)ccn1. The Labute approximate surface area is 114 Å². The molecule has 0 unspecified atom stereocenters. The normalized spacial score (nSPS) is 9.56. The highest BCUT2D eigenvalue weighted by Crippen LogP contribution is 2.11. The van der Waals surface area contributed by atoms with Gasteiger partial charge < -0.3 is 5.11 Å². The van der Waals surface area contributed by atoms with E-state index in [1.165, 1.54) is 0 Å². The number of carboxylic acid groups (broad SMARTS) is 1. The molecule has 0 amide bonds. The highest BCUT2D eigenvalue weighted by atomic mass is 79.9. The maximum Gasteiger partial charge on any atom is 0.309 e. The van der Waals surface area contributed by atoms with Gasteiger partial charge in [-0.2, -0.15) is 0 Å². The van der Waals surface area contributed by atoms with Crippen molar-refractivity contribution in [2.45, 2.75) is 13.0 Å². The van der Waals surface area contributed by atoms with Gasteiger partial charge in [0.25, 0.3) is 0 Å². The molecule has 0 saturated heterocycles. The first-order valence-corrected chi connectivity index (χ1v) is 5.09. The van der Waals surface area contributed by atoms with Gasteiger partial charge in [-0.15, -0.1) is 17.0 Å². The Kier molecular flexibility index (Phi) is 5.31. The van der Waals surface area contributed by atoms with E-state index in [0.29, 0.717) is 6.54 Å². The van der Waals surface area contributed by atoms with E-state index in [4.69, 9.17) is 5.11 Å². The monoisotopic (exact) mass is 311 g/mol. The van der Waals surface area contributed by atoms with Crippen molar-refractivity contribution in [2.75, 3.05) is 0 Å². The van der Waals surface area contributed by atoms with Crippen molar-refractivity contribution in [1.82, 2.24) is 15.1 Å². The van der Waals surface area contributed by atoms with Crippen molar-refractivity contribution < 1.29 is 14.6 Å². The van der Waals surface area contributed by atoms with Gasteiger partial charge in [-0.3, -0.25) is 14.8 Å². The average Bonchev–Trinajstić information content (AvgIpc) is 2.38. The molecule has 0 aliphatic rings. The Balaban J connectivity index is 0.00000162. The molecule has 0 bridgehead atoms. The maximum absolute atomic E-state index is 10.5. The summed E-state index contributed by atoms with van der Waals surface area (Å²) in [4.78, 5) is 18.6. The van der Waals surface area contributed by atoms with Crippen molar-refractivity contribution in [3.05, 3.63) is 37.1 Å². The largest absolute Gasteiger partial charge is 0.481 e. The van der Waals surface area contributed by atoms with E-state index < -0.39 is 5.97 Å². The zero-order chi connectivity index (χ0) is 12.1. The smallest absolute Gasteiger partial charge is 0.309 e. The predicted octanol–water partition coefficient (Wildman–Crippen LogP) is 0.879. The zero-order valence-corrected chi connectivity index (χ0v) is 11.1. The predicted molar refractivity (Wildman–Crippen MR) is 68.0 cm³/mol. The number of aliphatic carboxylic acids is 1. The molecule has 1 N–H and O–H groups in total. The van der Waals surface area contributed by atoms with E-state index in [1.54, 1.807) is 41.7 Å². The van der Waals surface area contributed by atoms with Gasteiger partial charge >= 0.3 is 5.97 Å². The number of nitrogens with zero attached hydrogens (tertiary/aromatic N) is 4. The summed E-state index contributed by atoms with van der Waals surface area (Å²) in [6.45, 7) is 0.337. The van der Waals surface area contributed by atoms with Crippen molar-refractivity contribution in [3.8, 4) is 11.3 Å². The minimum atomic E-state index is -0.843. The van der Waals surface area contributed by atoms with Gasteiger partial charge in [0.15, 0.2) is 6.54 Å². The lowest BCUT2D eigenvalue weighted by atomic mass is 10.2. The minimum Gasteiger partial charge on any atom is -0.481 e. The highest BCUT2D eigenvalue weighted by Gasteiger charge is 2.09. The fraction of sp³-hybridized carbons (Fsp3) is 0.182. The van der Waals surface area contributed by atoms with Gasteiger partial charge in [0, 0.05) is 12.4 Å². The van der Waals surface area contributed by atoms with Crippen LogP contribution in [0.25, 0.3) is 11.3 Å². The van der Waals surface area contributed by atoms with E-state index in [2.05, 4.69) is 15.1 Å². The average molecular weight is 312 g/mol. The van der Waals surface area contributed by atoms with Crippen LogP contribution in [0.3, 0.4) is 0 Å². The summed E-state index contributed by atoms with van der Waals surface area (Å²) >= 11 is 0. The molecule has 0 radical (unpaired) electrons. The summed E-state index contributed by atoms with van der Waals surface area (Å²) in [5.74, 6) is -0.843. The minimum absolute atomic E-state index is 0. The van der Waals surface area contributed by atoms with Crippen molar-refractivity contribution in [2.24, 2.45) is 0 Å². The summed E-state index contributed by atoms with van der Waals surface area (Å²) in [6, 6.07) is 1.81. The first-order valence-electron chi connectivity index (χ1n) is 5.09. The van der Waals surface area contributed by atoms with Crippen LogP contribution in [0.15, 0.2) is 37.1 Å². The summed E-state index contributed by atoms with van der Waals surface area (Å²) in [5, 5.41) is 12.6. The Hall–Kier alpha value is -1.89. The number of hydrogen-bond donors (Lipinski definition) is 1. The van der Waals surface area contributed by atoms with Crippen molar-refractivity contribution >= 4 is 23.0 Å². The van der Waals surface area contributed by atoms with Gasteiger partial charge in [-0.1, -0.05) is 4.68 Å². The van der Waals surface area contributed by atoms with E-state index in [0.717, 1.165) is 11.3 Å². The standard InChI is InChI=1S/C11H10N4O2.BrH/c16-11(17)2-6-15-8-9(1-3-14-15)10-7-12-4-5-13-10;/h1,3-5,7-8H,2,6H2;1H/p+1. The molecule has 2 heterocycles. The number of halogens is 1. The van der Waals surface area contributed by atoms with E-state index in [1.807, 2.05) is 0 Å². The molecule has 0 atom stereocenters. The maximum atomic E-state index is 10.5. The lowest BCUT2D eigenvalue weighted by Crippen LogP contribution is -2.38. The number of carboxylic acids is 1. The number of hydrogen-bond acceptors (Lipinski definition) is 4. The lowest BCUT2D eigenvalue weighted by molar-refractivity contribution is -0.752. The third-order valence-electron chi connectivity index (χ3n) is 2.17. The van der Waals surface area contributed by atoms with Crippen LogP contribution in [0, 0.1) is 0 Å². The van der Waals surface area contributed by atoms with Gasteiger partial charge in [0.1, 0.15) is 6.42 Å². The van der Waals surface area contributed by atoms with Gasteiger partial charge in [0.05, 0.1) is 23.7 Å². The molecule has 2 rings (SSSR count). The first kappa shape index (κ1) is 14.2. The number of aryl methyl sites for hydroxylation is 1. The van der Waals surface area contributed by atoms with Crippen LogP contribution in [0.1, 0.15) is 6.42 Å². The van der Waals surface area contributed by atoms with Crippen LogP contribution in [-0.4, -0.2) is 26.1 Å². The Bertz CT molecular complexity index is 521. The molecule has 2 aromatic rings. The van der Waals surface area contributed by atoms with E-state index in [-0.39, 0.29) is 23.4 Å². The summed E-state index contributed by atoms with van der Waals surface area (Å²) in [7, 11) is 0. The molecule has 0 fully saturated rings. The Morgan fingerprint density at radius 3 is 2.83 bits per heavy atom. The number of carbonyl (C=O) groups is 1. The second-order valence-corrected chi connectivity index (χ2v) is 3.41. The third kappa shape index (κ3) is 3.85. The van der Waals surface area contributed by atoms with Crippen LogP contribution in [0.2, 0.25) is 0 Å². The molecule has 0 aliphatic carbocycles. The summed E-state index contributed by atoms with van der Waals surface area (Å²) < 4.78 is 1.58. The van der Waals surface area contributed by atoms with Crippen molar-refractivity contribution in [1.29, 1.82) is 0 Å². The second kappa shape index (κ2) is 6.75. The Morgan fingerprint density at radius 2 is 2.17 bits per heavy atom. The van der Waals surface area contributed by atoms with Crippen LogP contribution in [0.4, 0.5) is 0 Å². The van der Waals surface area contributed by atoms with E-state index in [9.17, 15) is 4.79 Å². The molecule has 18 heavy (non-hydrogen) atoms. The molecule has 94 valence electrons. The fourth-order valence-corrected chi connectivity index (χ4v) is 1.37. The lowest BCUT2D eigenvalue weighted by Gasteiger charge is -1.97. The molecular weight excluding hydrogens is 300 g/mol. The molecule has 6 nitrogen and oxygen atoms in total. The zero-order valence-electron chi connectivity index (χ0n) is 9.43. The van der Waals surface area contributed by atoms with Gasteiger partial charge in [-0.05, 0) is 11.2 Å². The quantitative estimate of drug-likeness (QED) is 0.848.